The molecule has 1 aromatic carbocycles. The van der Waals surface area contributed by atoms with Gasteiger partial charge in [0.05, 0.1) is 5.56 Å². The number of hydrogen-bond acceptors (Lipinski definition) is 2. The molecule has 0 aromatic heterocycles. The van der Waals surface area contributed by atoms with E-state index in [2.05, 4.69) is 17.2 Å². The highest BCUT2D eigenvalue weighted by atomic mass is 16.4. The third-order valence-electron chi connectivity index (χ3n) is 2.22. The molecule has 0 spiro atoms. The van der Waals surface area contributed by atoms with Crippen LogP contribution in [0.4, 0.5) is 0 Å². The van der Waals surface area contributed by atoms with Gasteiger partial charge in [-0.25, -0.2) is 4.79 Å². The second-order valence-electron chi connectivity index (χ2n) is 3.46. The molecular weight excluding hydrogens is 202 g/mol. The molecule has 0 atom stereocenters. The zero-order chi connectivity index (χ0) is 12.0. The Morgan fingerprint density at radius 3 is 2.88 bits per heavy atom. The van der Waals surface area contributed by atoms with E-state index in [4.69, 9.17) is 5.11 Å². The lowest BCUT2D eigenvalue weighted by Gasteiger charge is -2.02. The summed E-state index contributed by atoms with van der Waals surface area (Å²) in [4.78, 5) is 11.0. The molecule has 0 aliphatic rings. The molecule has 0 amide bonds. The predicted molar refractivity (Wildman–Crippen MR) is 63.6 cm³/mol. The Morgan fingerprint density at radius 2 is 2.25 bits per heavy atom. The minimum atomic E-state index is -0.929. The number of carbonyl (C=O) groups is 1. The Labute approximate surface area is 95.5 Å². The molecule has 0 aliphatic heterocycles. The first-order chi connectivity index (χ1) is 7.66. The maximum absolute atomic E-state index is 11.0. The average Bonchev–Trinajstić information content (AvgIpc) is 2.25. The van der Waals surface area contributed by atoms with Crippen LogP contribution in [0.25, 0.3) is 0 Å². The van der Waals surface area contributed by atoms with Gasteiger partial charge in [0.1, 0.15) is 0 Å². The van der Waals surface area contributed by atoms with Crippen LogP contribution in [0, 0.1) is 18.8 Å². The Hall–Kier alpha value is -1.79. The monoisotopic (exact) mass is 217 g/mol. The van der Waals surface area contributed by atoms with E-state index in [1.54, 1.807) is 12.1 Å². The van der Waals surface area contributed by atoms with E-state index in [9.17, 15) is 4.79 Å². The predicted octanol–water partition coefficient (Wildman–Crippen LogP) is 1.65. The van der Waals surface area contributed by atoms with Crippen molar-refractivity contribution in [3.05, 3.63) is 34.9 Å². The summed E-state index contributed by atoms with van der Waals surface area (Å²) in [5.74, 6) is 4.96. The van der Waals surface area contributed by atoms with Crippen LogP contribution in [0.3, 0.4) is 0 Å². The van der Waals surface area contributed by atoms with Crippen molar-refractivity contribution in [2.24, 2.45) is 0 Å². The van der Waals surface area contributed by atoms with Crippen molar-refractivity contribution in [2.75, 3.05) is 13.6 Å². The zero-order valence-corrected chi connectivity index (χ0v) is 9.50. The third kappa shape index (κ3) is 3.11. The molecule has 2 N–H and O–H groups in total. The van der Waals surface area contributed by atoms with Crippen LogP contribution < -0.4 is 5.32 Å². The first kappa shape index (κ1) is 12.3. The lowest BCUT2D eigenvalue weighted by atomic mass is 10.0. The number of aromatic carboxylic acids is 1. The van der Waals surface area contributed by atoms with Crippen molar-refractivity contribution in [3.8, 4) is 11.8 Å². The Kier molecular flexibility index (Phi) is 4.56. The highest BCUT2D eigenvalue weighted by molar-refractivity contribution is 5.91. The molecule has 16 heavy (non-hydrogen) atoms. The largest absolute Gasteiger partial charge is 0.478 e. The van der Waals surface area contributed by atoms with Crippen LogP contribution >= 0.6 is 0 Å². The second-order valence-corrected chi connectivity index (χ2v) is 3.46. The van der Waals surface area contributed by atoms with Crippen molar-refractivity contribution in [3.63, 3.8) is 0 Å². The fourth-order valence-electron chi connectivity index (χ4n) is 1.35. The fraction of sp³-hybridized carbons (Fsp3) is 0.308. The third-order valence-corrected chi connectivity index (χ3v) is 2.22. The zero-order valence-electron chi connectivity index (χ0n) is 9.50. The normalized spacial score (nSPS) is 9.38. The van der Waals surface area contributed by atoms with Gasteiger partial charge in [0, 0.05) is 18.5 Å². The van der Waals surface area contributed by atoms with Gasteiger partial charge in [0.2, 0.25) is 0 Å². The van der Waals surface area contributed by atoms with Gasteiger partial charge in [0.25, 0.3) is 0 Å². The molecule has 1 aromatic rings. The number of nitrogens with one attached hydrogen (secondary N) is 1. The molecule has 0 saturated carbocycles. The van der Waals surface area contributed by atoms with Crippen molar-refractivity contribution < 1.29 is 9.90 Å². The van der Waals surface area contributed by atoms with Crippen molar-refractivity contribution in [1.82, 2.24) is 5.32 Å². The molecule has 0 heterocycles. The van der Waals surface area contributed by atoms with Gasteiger partial charge in [-0.3, -0.25) is 0 Å². The Bertz CT molecular complexity index is 441. The van der Waals surface area contributed by atoms with Gasteiger partial charge in [-0.05, 0) is 25.6 Å². The summed E-state index contributed by atoms with van der Waals surface area (Å²) in [7, 11) is 1.86. The van der Waals surface area contributed by atoms with Gasteiger partial charge < -0.3 is 10.4 Å². The van der Waals surface area contributed by atoms with Gasteiger partial charge in [0.15, 0.2) is 0 Å². The Balaban J connectivity index is 3.00. The van der Waals surface area contributed by atoms with Crippen LogP contribution in [0.2, 0.25) is 0 Å². The quantitative estimate of drug-likeness (QED) is 0.598. The number of hydrogen-bond donors (Lipinski definition) is 2. The number of benzene rings is 1. The van der Waals surface area contributed by atoms with Crippen LogP contribution in [-0.4, -0.2) is 24.7 Å². The lowest BCUT2D eigenvalue weighted by Crippen LogP contribution is -2.06. The van der Waals surface area contributed by atoms with E-state index in [1.165, 1.54) is 0 Å². The van der Waals surface area contributed by atoms with Crippen LogP contribution in [0.15, 0.2) is 18.2 Å². The fourth-order valence-corrected chi connectivity index (χ4v) is 1.35. The van der Waals surface area contributed by atoms with Gasteiger partial charge in [-0.2, -0.15) is 0 Å². The van der Waals surface area contributed by atoms with Crippen LogP contribution in [-0.2, 0) is 0 Å². The van der Waals surface area contributed by atoms with E-state index in [0.717, 1.165) is 12.1 Å². The number of carboxylic acids is 1. The summed E-state index contributed by atoms with van der Waals surface area (Å²) in [5.41, 5.74) is 1.79. The number of rotatable bonds is 3. The van der Waals surface area contributed by atoms with Crippen molar-refractivity contribution >= 4 is 5.97 Å². The molecule has 0 aliphatic carbocycles. The van der Waals surface area contributed by atoms with Gasteiger partial charge >= 0.3 is 5.97 Å². The van der Waals surface area contributed by atoms with E-state index in [-0.39, 0.29) is 5.56 Å². The minimum absolute atomic E-state index is 0.275. The van der Waals surface area contributed by atoms with Crippen molar-refractivity contribution in [2.45, 2.75) is 13.3 Å². The highest BCUT2D eigenvalue weighted by Gasteiger charge is 2.09. The summed E-state index contributed by atoms with van der Waals surface area (Å²) in [6.07, 6.45) is 0.712. The summed E-state index contributed by atoms with van der Waals surface area (Å²) >= 11 is 0. The van der Waals surface area contributed by atoms with Crippen LogP contribution in [0.5, 0.6) is 0 Å². The summed E-state index contributed by atoms with van der Waals surface area (Å²) in [5, 5.41) is 12.0. The first-order valence-corrected chi connectivity index (χ1v) is 5.13. The van der Waals surface area contributed by atoms with Crippen LogP contribution in [0.1, 0.15) is 27.9 Å². The standard InChI is InChI=1S/C13H15NO2/c1-10-6-5-8-12(13(15)16)11(10)7-3-4-9-14-2/h5-6,8,14H,4,9H2,1-2H3,(H,15,16). The summed E-state index contributed by atoms with van der Waals surface area (Å²) < 4.78 is 0. The summed E-state index contributed by atoms with van der Waals surface area (Å²) in [6.45, 7) is 2.68. The Morgan fingerprint density at radius 1 is 1.50 bits per heavy atom. The minimum Gasteiger partial charge on any atom is -0.478 e. The first-order valence-electron chi connectivity index (χ1n) is 5.13. The highest BCUT2D eigenvalue weighted by Crippen LogP contribution is 2.12. The van der Waals surface area contributed by atoms with E-state index in [1.807, 2.05) is 20.0 Å². The molecule has 0 bridgehead atoms. The molecule has 3 nitrogen and oxygen atoms in total. The molecule has 0 saturated heterocycles. The molecule has 0 radical (unpaired) electrons. The molecule has 0 fully saturated rings. The molecule has 3 heteroatoms. The SMILES string of the molecule is CNCCC#Cc1c(C)cccc1C(=O)O. The molecule has 0 unspecified atom stereocenters. The van der Waals surface area contributed by atoms with Gasteiger partial charge in [-0.1, -0.05) is 24.0 Å². The van der Waals surface area contributed by atoms with Gasteiger partial charge in [-0.15, -0.1) is 0 Å². The molecule has 1 rings (SSSR count). The molecule has 84 valence electrons. The topological polar surface area (TPSA) is 49.3 Å². The smallest absolute Gasteiger partial charge is 0.336 e. The summed E-state index contributed by atoms with van der Waals surface area (Å²) in [6, 6.07) is 5.18. The number of aryl methyl sites for hydroxylation is 1. The maximum atomic E-state index is 11.0. The average molecular weight is 217 g/mol. The van der Waals surface area contributed by atoms with E-state index < -0.39 is 5.97 Å². The van der Waals surface area contributed by atoms with E-state index >= 15 is 0 Å². The number of carboxylic acid groups (broad SMARTS) is 1. The molecular formula is C13H15NO2. The van der Waals surface area contributed by atoms with Crippen molar-refractivity contribution in [1.29, 1.82) is 0 Å². The van der Waals surface area contributed by atoms with E-state index in [0.29, 0.717) is 12.0 Å². The lowest BCUT2D eigenvalue weighted by molar-refractivity contribution is 0.0696. The second kappa shape index (κ2) is 5.94. The maximum Gasteiger partial charge on any atom is 0.336 e.